The molecule has 1 aliphatic rings. The Morgan fingerprint density at radius 1 is 1.60 bits per heavy atom. The molecule has 1 aromatic carbocycles. The normalized spacial score (nSPS) is 24.3. The molecule has 0 saturated heterocycles. The number of nitrogens with zero attached hydrogens (tertiary/aromatic N) is 2. The molecule has 7 heteroatoms. The summed E-state index contributed by atoms with van der Waals surface area (Å²) < 4.78 is 0. The van der Waals surface area contributed by atoms with E-state index in [2.05, 4.69) is 5.32 Å². The van der Waals surface area contributed by atoms with Gasteiger partial charge in [-0.15, -0.1) is 0 Å². The van der Waals surface area contributed by atoms with Crippen molar-refractivity contribution in [3.63, 3.8) is 0 Å². The summed E-state index contributed by atoms with van der Waals surface area (Å²) >= 11 is 0. The second-order valence-electron chi connectivity index (χ2n) is 5.12. The van der Waals surface area contributed by atoms with E-state index in [1.807, 2.05) is 13.0 Å². The molecule has 0 bridgehead atoms. The van der Waals surface area contributed by atoms with E-state index in [9.17, 15) is 20.0 Å². The maximum atomic E-state index is 12.1. The second-order valence-corrected chi connectivity index (χ2v) is 5.12. The minimum atomic E-state index is -1.06. The maximum Gasteiger partial charge on any atom is 0.273 e. The molecular formula is C13H13N3O4. The lowest BCUT2D eigenvalue weighted by Gasteiger charge is -2.39. The van der Waals surface area contributed by atoms with Crippen LogP contribution in [0.1, 0.15) is 19.8 Å². The molecule has 0 aliphatic heterocycles. The fourth-order valence-corrected chi connectivity index (χ4v) is 2.44. The fraction of sp³-hybridized carbons (Fsp3) is 0.385. The van der Waals surface area contributed by atoms with Crippen LogP contribution in [0.2, 0.25) is 0 Å². The third kappa shape index (κ3) is 2.28. The number of phenolic OH excluding ortho intramolecular Hbond substituents is 1. The van der Waals surface area contributed by atoms with Gasteiger partial charge in [0.2, 0.25) is 5.91 Å². The van der Waals surface area contributed by atoms with E-state index >= 15 is 0 Å². The topological polar surface area (TPSA) is 116 Å². The van der Waals surface area contributed by atoms with Crippen molar-refractivity contribution in [3.05, 3.63) is 28.3 Å². The van der Waals surface area contributed by atoms with Gasteiger partial charge in [0.25, 0.3) is 5.69 Å². The highest BCUT2D eigenvalue weighted by atomic mass is 16.6. The number of nitro benzene ring substituents is 1. The largest absolute Gasteiger partial charge is 0.506 e. The minimum absolute atomic E-state index is 0.0646. The van der Waals surface area contributed by atoms with E-state index < -0.39 is 22.0 Å². The standard InChI is InChI=1S/C13H13N3O4/c1-8-5-13(6-8,7-14)12(18)15-10-3-2-9(16(19)20)4-11(10)17/h2-4,8,17H,5-6H2,1H3,(H,15,18). The van der Waals surface area contributed by atoms with E-state index in [1.54, 1.807) is 0 Å². The third-order valence-corrected chi connectivity index (χ3v) is 3.48. The number of hydrogen-bond donors (Lipinski definition) is 2. The first-order valence-corrected chi connectivity index (χ1v) is 6.08. The number of aromatic hydroxyl groups is 1. The smallest absolute Gasteiger partial charge is 0.273 e. The highest BCUT2D eigenvalue weighted by Crippen LogP contribution is 2.46. The Kier molecular flexibility index (Phi) is 3.32. The molecule has 1 saturated carbocycles. The third-order valence-electron chi connectivity index (χ3n) is 3.48. The lowest BCUT2D eigenvalue weighted by molar-refractivity contribution is -0.384. The second kappa shape index (κ2) is 4.81. The van der Waals surface area contributed by atoms with Gasteiger partial charge in [0.1, 0.15) is 11.2 Å². The lowest BCUT2D eigenvalue weighted by Crippen LogP contribution is -2.45. The highest BCUT2D eigenvalue weighted by Gasteiger charge is 2.49. The molecule has 1 amide bonds. The minimum Gasteiger partial charge on any atom is -0.506 e. The summed E-state index contributed by atoms with van der Waals surface area (Å²) in [5.41, 5.74) is -1.27. The van der Waals surface area contributed by atoms with Crippen molar-refractivity contribution in [3.8, 4) is 11.8 Å². The lowest BCUT2D eigenvalue weighted by atomic mass is 9.63. The van der Waals surface area contributed by atoms with Crippen LogP contribution in [0.5, 0.6) is 5.75 Å². The molecule has 0 aromatic heterocycles. The Bertz CT molecular complexity index is 615. The van der Waals surface area contributed by atoms with Crippen LogP contribution in [0.15, 0.2) is 18.2 Å². The molecule has 1 aromatic rings. The molecular weight excluding hydrogens is 262 g/mol. The Morgan fingerprint density at radius 3 is 2.70 bits per heavy atom. The molecule has 0 spiro atoms. The first-order valence-electron chi connectivity index (χ1n) is 6.08. The number of hydrogen-bond acceptors (Lipinski definition) is 5. The number of benzene rings is 1. The Balaban J connectivity index is 2.17. The molecule has 0 radical (unpaired) electrons. The Hall–Kier alpha value is -2.62. The van der Waals surface area contributed by atoms with Gasteiger partial charge in [-0.05, 0) is 24.8 Å². The summed E-state index contributed by atoms with van der Waals surface area (Å²) in [4.78, 5) is 22.0. The number of phenols is 1. The number of carbonyl (C=O) groups excluding carboxylic acids is 1. The van der Waals surface area contributed by atoms with Gasteiger partial charge in [0.15, 0.2) is 0 Å². The SMILES string of the molecule is CC1CC(C#N)(C(=O)Nc2ccc([N+](=O)[O-])cc2O)C1. The quantitative estimate of drug-likeness (QED) is 0.498. The highest BCUT2D eigenvalue weighted by molar-refractivity contribution is 5.99. The summed E-state index contributed by atoms with van der Waals surface area (Å²) in [7, 11) is 0. The zero-order chi connectivity index (χ0) is 14.9. The van der Waals surface area contributed by atoms with Crippen LogP contribution >= 0.6 is 0 Å². The predicted octanol–water partition coefficient (Wildman–Crippen LogP) is 2.18. The van der Waals surface area contributed by atoms with Crippen LogP contribution in [0.25, 0.3) is 0 Å². The number of non-ortho nitro benzene ring substituents is 1. The van der Waals surface area contributed by atoms with Gasteiger partial charge in [0, 0.05) is 6.07 Å². The number of nitro groups is 1. The predicted molar refractivity (Wildman–Crippen MR) is 69.8 cm³/mol. The maximum absolute atomic E-state index is 12.1. The number of rotatable bonds is 3. The summed E-state index contributed by atoms with van der Waals surface area (Å²) in [6.45, 7) is 1.95. The van der Waals surface area contributed by atoms with Crippen LogP contribution < -0.4 is 5.32 Å². The first-order chi connectivity index (χ1) is 9.38. The summed E-state index contributed by atoms with van der Waals surface area (Å²) in [5, 5.41) is 31.8. The molecule has 0 unspecified atom stereocenters. The van der Waals surface area contributed by atoms with Crippen LogP contribution in [0.4, 0.5) is 11.4 Å². The van der Waals surface area contributed by atoms with Crippen LogP contribution in [0.3, 0.4) is 0 Å². The molecule has 0 heterocycles. The van der Waals surface area contributed by atoms with Gasteiger partial charge in [-0.1, -0.05) is 6.92 Å². The van der Waals surface area contributed by atoms with Gasteiger partial charge in [0.05, 0.1) is 22.7 Å². The van der Waals surface area contributed by atoms with E-state index in [1.165, 1.54) is 12.1 Å². The zero-order valence-electron chi connectivity index (χ0n) is 10.8. The number of nitriles is 1. The van der Waals surface area contributed by atoms with E-state index in [-0.39, 0.29) is 11.4 Å². The monoisotopic (exact) mass is 275 g/mol. The number of carbonyl (C=O) groups is 1. The van der Waals surface area contributed by atoms with Crippen molar-refractivity contribution in [2.75, 3.05) is 5.32 Å². The number of nitrogens with one attached hydrogen (secondary N) is 1. The van der Waals surface area contributed by atoms with Gasteiger partial charge in [-0.2, -0.15) is 5.26 Å². The molecule has 2 N–H and O–H groups in total. The molecule has 1 fully saturated rings. The number of amides is 1. The molecule has 20 heavy (non-hydrogen) atoms. The van der Waals surface area contributed by atoms with E-state index in [0.717, 1.165) is 6.07 Å². The molecule has 104 valence electrons. The van der Waals surface area contributed by atoms with Crippen LogP contribution in [0, 0.1) is 32.8 Å². The molecule has 0 atom stereocenters. The average Bonchev–Trinajstić information content (AvgIpc) is 2.36. The van der Waals surface area contributed by atoms with Gasteiger partial charge >= 0.3 is 0 Å². The van der Waals surface area contributed by atoms with E-state index in [0.29, 0.717) is 18.8 Å². The van der Waals surface area contributed by atoms with Crippen molar-refractivity contribution in [1.82, 2.24) is 0 Å². The van der Waals surface area contributed by atoms with E-state index in [4.69, 9.17) is 5.26 Å². The zero-order valence-corrected chi connectivity index (χ0v) is 10.8. The van der Waals surface area contributed by atoms with Gasteiger partial charge < -0.3 is 10.4 Å². The van der Waals surface area contributed by atoms with Crippen molar-refractivity contribution >= 4 is 17.3 Å². The van der Waals surface area contributed by atoms with Crippen LogP contribution in [-0.2, 0) is 4.79 Å². The molecule has 7 nitrogen and oxygen atoms in total. The van der Waals surface area contributed by atoms with Crippen LogP contribution in [-0.4, -0.2) is 15.9 Å². The Morgan fingerprint density at radius 2 is 2.25 bits per heavy atom. The summed E-state index contributed by atoms with van der Waals surface area (Å²) in [6.07, 6.45) is 0.951. The van der Waals surface area contributed by atoms with Crippen molar-refractivity contribution in [1.29, 1.82) is 5.26 Å². The summed E-state index contributed by atoms with van der Waals surface area (Å²) in [5.74, 6) is -0.568. The first kappa shape index (κ1) is 13.8. The molecule has 2 rings (SSSR count). The summed E-state index contributed by atoms with van der Waals surface area (Å²) in [6, 6.07) is 5.40. The van der Waals surface area contributed by atoms with Gasteiger partial charge in [-0.25, -0.2) is 0 Å². The Labute approximate surface area is 115 Å². The molecule has 1 aliphatic carbocycles. The van der Waals surface area contributed by atoms with Gasteiger partial charge in [-0.3, -0.25) is 14.9 Å². The van der Waals surface area contributed by atoms with Crippen molar-refractivity contribution in [2.45, 2.75) is 19.8 Å². The van der Waals surface area contributed by atoms with Crippen molar-refractivity contribution < 1.29 is 14.8 Å². The number of anilines is 1. The van der Waals surface area contributed by atoms with Crippen molar-refractivity contribution in [2.24, 2.45) is 11.3 Å². The fourth-order valence-electron chi connectivity index (χ4n) is 2.44. The average molecular weight is 275 g/mol.